The van der Waals surface area contributed by atoms with Gasteiger partial charge in [-0.25, -0.2) is 0 Å². The van der Waals surface area contributed by atoms with Crippen molar-refractivity contribution in [1.29, 1.82) is 0 Å². The minimum absolute atomic E-state index is 0.154. The van der Waals surface area contributed by atoms with Gasteiger partial charge in [-0.3, -0.25) is 4.79 Å². The van der Waals surface area contributed by atoms with Gasteiger partial charge in [-0.1, -0.05) is 0 Å². The lowest BCUT2D eigenvalue weighted by Crippen LogP contribution is -2.13. The highest BCUT2D eigenvalue weighted by Crippen LogP contribution is 2.37. The molecule has 70 valence electrons. The van der Waals surface area contributed by atoms with Crippen molar-refractivity contribution in [2.24, 2.45) is 5.10 Å². The van der Waals surface area contributed by atoms with Gasteiger partial charge in [0.25, 0.3) is 0 Å². The van der Waals surface area contributed by atoms with Gasteiger partial charge >= 0.3 is 0 Å². The molecule has 0 saturated heterocycles. The number of nitrogens with zero attached hydrogens (tertiary/aromatic N) is 1. The third-order valence-electron chi connectivity index (χ3n) is 1.04. The summed E-state index contributed by atoms with van der Waals surface area (Å²) in [5.41, 5.74) is 2.81. The monoisotopic (exact) mass is 192 g/mol. The van der Waals surface area contributed by atoms with E-state index in [0.717, 1.165) is 0 Å². The highest BCUT2D eigenvalue weighted by atomic mass is 31.2. The van der Waals surface area contributed by atoms with E-state index in [0.29, 0.717) is 0 Å². The van der Waals surface area contributed by atoms with Crippen molar-refractivity contribution in [2.45, 2.75) is 6.92 Å². The average molecular weight is 192 g/mol. The Balaban J connectivity index is 4.48. The molecule has 0 aliphatic rings. The highest BCUT2D eigenvalue weighted by Gasteiger charge is 2.20. The Bertz CT molecular complexity index is 180. The molecule has 12 heavy (non-hydrogen) atoms. The van der Waals surface area contributed by atoms with Crippen LogP contribution in [0.3, 0.4) is 0 Å². The molecule has 0 rings (SSSR count). The first-order chi connectivity index (χ1) is 5.67. The quantitative estimate of drug-likeness (QED) is 0.396. The molecule has 0 unspecified atom stereocenters. The predicted molar refractivity (Wildman–Crippen MR) is 48.1 cm³/mol. The van der Waals surface area contributed by atoms with Gasteiger partial charge < -0.3 is 14.5 Å². The van der Waals surface area contributed by atoms with Crippen LogP contribution in [0.4, 0.5) is 0 Å². The van der Waals surface area contributed by atoms with Gasteiger partial charge in [0.1, 0.15) is 0 Å². The Morgan fingerprint density at radius 1 is 1.42 bits per heavy atom. The van der Waals surface area contributed by atoms with E-state index < -0.39 is 8.38 Å². The van der Waals surface area contributed by atoms with Crippen molar-refractivity contribution in [1.82, 2.24) is 5.43 Å². The third kappa shape index (κ3) is 3.26. The molecule has 0 saturated carbocycles. The zero-order chi connectivity index (χ0) is 9.56. The van der Waals surface area contributed by atoms with Crippen molar-refractivity contribution in [2.75, 3.05) is 21.3 Å². The van der Waals surface area contributed by atoms with E-state index in [1.165, 1.54) is 21.1 Å². The van der Waals surface area contributed by atoms with E-state index >= 15 is 0 Å². The SMILES string of the molecule is CN/N=C(\C(C)=O)P(OC)OC. The first kappa shape index (κ1) is 11.5. The summed E-state index contributed by atoms with van der Waals surface area (Å²) in [7, 11) is 3.24. The van der Waals surface area contributed by atoms with Crippen LogP contribution in [0.15, 0.2) is 5.10 Å². The number of ketones is 1. The maximum absolute atomic E-state index is 11.0. The molecule has 0 amide bonds. The van der Waals surface area contributed by atoms with Gasteiger partial charge in [-0.15, -0.1) is 0 Å². The topological polar surface area (TPSA) is 59.9 Å². The molecular weight excluding hydrogens is 179 g/mol. The van der Waals surface area contributed by atoms with Crippen LogP contribution in [-0.4, -0.2) is 32.5 Å². The van der Waals surface area contributed by atoms with Crippen LogP contribution in [0.25, 0.3) is 0 Å². The Hall–Kier alpha value is -0.510. The summed E-state index contributed by atoms with van der Waals surface area (Å²) in [6, 6.07) is 0. The summed E-state index contributed by atoms with van der Waals surface area (Å²) in [5, 5.41) is 3.76. The van der Waals surface area contributed by atoms with E-state index in [1.54, 1.807) is 7.05 Å². The maximum Gasteiger partial charge on any atom is 0.230 e. The number of rotatable bonds is 5. The van der Waals surface area contributed by atoms with Crippen LogP contribution in [-0.2, 0) is 13.8 Å². The molecule has 5 nitrogen and oxygen atoms in total. The lowest BCUT2D eigenvalue weighted by Gasteiger charge is -2.11. The molecule has 0 spiro atoms. The molecule has 0 bridgehead atoms. The van der Waals surface area contributed by atoms with Crippen molar-refractivity contribution in [3.05, 3.63) is 0 Å². The second kappa shape index (κ2) is 6.06. The van der Waals surface area contributed by atoms with Crippen molar-refractivity contribution in [3.63, 3.8) is 0 Å². The van der Waals surface area contributed by atoms with Gasteiger partial charge in [-0.2, -0.15) is 5.10 Å². The molecular formula is C6H13N2O3P. The third-order valence-corrected chi connectivity index (χ3v) is 2.46. The largest absolute Gasteiger partial charge is 0.333 e. The molecule has 0 aromatic rings. The maximum atomic E-state index is 11.0. The first-order valence-corrected chi connectivity index (χ1v) is 4.48. The Morgan fingerprint density at radius 3 is 2.17 bits per heavy atom. The van der Waals surface area contributed by atoms with E-state index in [1.807, 2.05) is 0 Å². The van der Waals surface area contributed by atoms with E-state index in [2.05, 4.69) is 10.5 Å². The summed E-state index contributed by atoms with van der Waals surface area (Å²) >= 11 is 0. The lowest BCUT2D eigenvalue weighted by molar-refractivity contribution is -0.110. The number of hydrogen-bond acceptors (Lipinski definition) is 5. The van der Waals surface area contributed by atoms with Crippen LogP contribution in [0.5, 0.6) is 0 Å². The number of nitrogens with one attached hydrogen (secondary N) is 1. The number of hydrazone groups is 1. The van der Waals surface area contributed by atoms with Crippen molar-refractivity contribution >= 4 is 19.6 Å². The van der Waals surface area contributed by atoms with Crippen molar-refractivity contribution in [3.8, 4) is 0 Å². The molecule has 0 fully saturated rings. The zero-order valence-corrected chi connectivity index (χ0v) is 8.51. The molecule has 0 aliphatic carbocycles. The van der Waals surface area contributed by atoms with Gasteiger partial charge in [-0.05, 0) is 0 Å². The minimum atomic E-state index is -1.33. The molecule has 0 aromatic heterocycles. The summed E-state index contributed by atoms with van der Waals surface area (Å²) in [6.45, 7) is 1.42. The molecule has 0 heterocycles. The molecule has 6 heteroatoms. The fourth-order valence-electron chi connectivity index (χ4n) is 0.601. The number of carbonyl (C=O) groups excluding carboxylic acids is 1. The Kier molecular flexibility index (Phi) is 5.80. The van der Waals surface area contributed by atoms with Gasteiger partial charge in [0, 0.05) is 28.2 Å². The second-order valence-corrected chi connectivity index (χ2v) is 3.51. The fraction of sp³-hybridized carbons (Fsp3) is 0.667. The van der Waals surface area contributed by atoms with Crippen LogP contribution in [0.2, 0.25) is 0 Å². The minimum Gasteiger partial charge on any atom is -0.333 e. The van der Waals surface area contributed by atoms with Gasteiger partial charge in [0.15, 0.2) is 11.2 Å². The van der Waals surface area contributed by atoms with Crippen LogP contribution in [0, 0.1) is 0 Å². The number of Topliss-reactive ketones (excluding diaryl/α,β-unsaturated/α-hetero) is 1. The van der Waals surface area contributed by atoms with Gasteiger partial charge in [0.05, 0.1) is 0 Å². The summed E-state index contributed by atoms with van der Waals surface area (Å²) in [5.74, 6) is -0.154. The van der Waals surface area contributed by atoms with Crippen LogP contribution in [0.1, 0.15) is 6.92 Å². The fourth-order valence-corrected chi connectivity index (χ4v) is 1.54. The van der Waals surface area contributed by atoms with Gasteiger partial charge in [0.2, 0.25) is 8.38 Å². The Morgan fingerprint density at radius 2 is 1.92 bits per heavy atom. The smallest absolute Gasteiger partial charge is 0.230 e. The second-order valence-electron chi connectivity index (χ2n) is 1.84. The normalized spacial score (nSPS) is 11.9. The molecule has 0 aromatic carbocycles. The van der Waals surface area contributed by atoms with Crippen molar-refractivity contribution < 1.29 is 13.8 Å². The Labute approximate surface area is 73.0 Å². The lowest BCUT2D eigenvalue weighted by atomic mass is 10.5. The van der Waals surface area contributed by atoms with Crippen LogP contribution >= 0.6 is 8.38 Å². The molecule has 0 radical (unpaired) electrons. The highest BCUT2D eigenvalue weighted by molar-refractivity contribution is 7.69. The van der Waals surface area contributed by atoms with E-state index in [-0.39, 0.29) is 11.2 Å². The number of carbonyl (C=O) groups is 1. The zero-order valence-electron chi connectivity index (χ0n) is 7.62. The predicted octanol–water partition coefficient (Wildman–Crippen LogP) is 0.713. The van der Waals surface area contributed by atoms with E-state index in [9.17, 15) is 4.79 Å². The molecule has 0 atom stereocenters. The molecule has 0 aliphatic heterocycles. The van der Waals surface area contributed by atoms with E-state index in [4.69, 9.17) is 9.05 Å². The summed E-state index contributed by atoms with van der Waals surface area (Å²) in [6.07, 6.45) is 0. The summed E-state index contributed by atoms with van der Waals surface area (Å²) in [4.78, 5) is 11.0. The summed E-state index contributed by atoms with van der Waals surface area (Å²) < 4.78 is 9.85. The number of hydrogen-bond donors (Lipinski definition) is 1. The molecule has 1 N–H and O–H groups in total. The first-order valence-electron chi connectivity index (χ1n) is 3.31. The van der Waals surface area contributed by atoms with Crippen LogP contribution < -0.4 is 5.43 Å². The average Bonchev–Trinajstić information content (AvgIpc) is 2.05. The standard InChI is InChI=1S/C6H13N2O3P/c1-5(9)6(8-7-2)12(10-3)11-4/h7H,1-4H3/b8-6+.